The molecule has 0 amide bonds. The molecule has 0 bridgehead atoms. The van der Waals surface area contributed by atoms with Crippen LogP contribution < -0.4 is 0 Å². The van der Waals surface area contributed by atoms with Crippen LogP contribution in [0.25, 0.3) is 0 Å². The third kappa shape index (κ3) is 3.78. The first kappa shape index (κ1) is 11.0. The normalized spacial score (nSPS) is 32.5. The fraction of sp³-hybridized carbons (Fsp3) is 1.00. The van der Waals surface area contributed by atoms with E-state index in [2.05, 4.69) is 31.9 Å². The maximum absolute atomic E-state index is 3.59. The summed E-state index contributed by atoms with van der Waals surface area (Å²) in [5, 5.41) is 2.43. The van der Waals surface area contributed by atoms with Gasteiger partial charge in [-0.25, -0.2) is 0 Å². The summed E-state index contributed by atoms with van der Waals surface area (Å²) in [5.74, 6) is 1.92. The smallest absolute Gasteiger partial charge is 0.00596 e. The van der Waals surface area contributed by atoms with Crippen LogP contribution in [0.15, 0.2) is 0 Å². The Morgan fingerprint density at radius 2 is 1.08 bits per heavy atom. The van der Waals surface area contributed by atoms with Crippen LogP contribution >= 0.6 is 31.9 Å². The van der Waals surface area contributed by atoms with Crippen molar-refractivity contribution < 1.29 is 0 Å². The molecule has 1 saturated carbocycles. The number of rotatable bonds is 2. The van der Waals surface area contributed by atoms with Crippen LogP contribution in [0.4, 0.5) is 0 Å². The van der Waals surface area contributed by atoms with Gasteiger partial charge in [0, 0.05) is 10.7 Å². The molecule has 1 fully saturated rings. The summed E-state index contributed by atoms with van der Waals surface area (Å²) in [4.78, 5) is 0. The topological polar surface area (TPSA) is 0 Å². The molecule has 1 aliphatic rings. The molecule has 0 aliphatic heterocycles. The van der Waals surface area contributed by atoms with E-state index in [1.54, 1.807) is 0 Å². The van der Waals surface area contributed by atoms with Gasteiger partial charge in [-0.15, -0.1) is 0 Å². The Hall–Kier alpha value is 0.960. The van der Waals surface area contributed by atoms with Crippen LogP contribution in [0.5, 0.6) is 0 Å². The lowest BCUT2D eigenvalue weighted by atomic mass is 9.88. The molecule has 1 aliphatic carbocycles. The summed E-state index contributed by atoms with van der Waals surface area (Å²) < 4.78 is 0. The lowest BCUT2D eigenvalue weighted by Gasteiger charge is -2.21. The molecule has 0 unspecified atom stereocenters. The van der Waals surface area contributed by atoms with Crippen LogP contribution in [0.3, 0.4) is 0 Å². The van der Waals surface area contributed by atoms with Gasteiger partial charge in [-0.2, -0.15) is 0 Å². The maximum Gasteiger partial charge on any atom is 0.00596 e. The Labute approximate surface area is 92.8 Å². The number of hydrogen-bond acceptors (Lipinski definition) is 0. The summed E-state index contributed by atoms with van der Waals surface area (Å²) in [5.41, 5.74) is 0. The Balaban J connectivity index is 2.24. The minimum atomic E-state index is 0.960. The number of alkyl halides is 2. The van der Waals surface area contributed by atoms with Crippen molar-refractivity contribution in [1.29, 1.82) is 0 Å². The molecule has 0 atom stereocenters. The van der Waals surface area contributed by atoms with Gasteiger partial charge in [0.25, 0.3) is 0 Å². The summed E-state index contributed by atoms with van der Waals surface area (Å²) in [6.07, 6.45) is 8.63. The first-order valence-corrected chi connectivity index (χ1v) is 7.23. The van der Waals surface area contributed by atoms with Crippen molar-refractivity contribution in [3.8, 4) is 0 Å². The van der Waals surface area contributed by atoms with E-state index < -0.39 is 0 Å². The third-order valence-electron chi connectivity index (χ3n) is 2.89. The van der Waals surface area contributed by atoms with Gasteiger partial charge in [-0.05, 0) is 37.5 Å². The highest BCUT2D eigenvalue weighted by Gasteiger charge is 2.14. The molecule has 0 N–H and O–H groups in total. The molecule has 0 nitrogen and oxygen atoms in total. The van der Waals surface area contributed by atoms with Crippen LogP contribution in [-0.2, 0) is 0 Å². The Kier molecular flexibility index (Phi) is 5.90. The van der Waals surface area contributed by atoms with Gasteiger partial charge in [-0.3, -0.25) is 0 Å². The van der Waals surface area contributed by atoms with Gasteiger partial charge in [-0.1, -0.05) is 44.7 Å². The van der Waals surface area contributed by atoms with Crippen LogP contribution in [0.2, 0.25) is 0 Å². The van der Waals surface area contributed by atoms with Crippen LogP contribution in [-0.4, -0.2) is 10.7 Å². The van der Waals surface area contributed by atoms with Crippen molar-refractivity contribution in [2.75, 3.05) is 10.7 Å². The van der Waals surface area contributed by atoms with E-state index in [0.717, 1.165) is 11.8 Å². The fourth-order valence-corrected chi connectivity index (χ4v) is 3.28. The highest BCUT2D eigenvalue weighted by molar-refractivity contribution is 9.09. The standard InChI is InChI=1S/C10H18Br2/c11-7-9-3-1-4-10(8-12)6-2-5-9/h9-10H,1-8H2. The monoisotopic (exact) mass is 296 g/mol. The molecule has 12 heavy (non-hydrogen) atoms. The maximum atomic E-state index is 3.59. The zero-order chi connectivity index (χ0) is 8.81. The van der Waals surface area contributed by atoms with Crippen molar-refractivity contribution in [2.24, 2.45) is 11.8 Å². The lowest BCUT2D eigenvalue weighted by Crippen LogP contribution is -2.11. The lowest BCUT2D eigenvalue weighted by molar-refractivity contribution is 0.355. The van der Waals surface area contributed by atoms with Crippen molar-refractivity contribution in [1.82, 2.24) is 0 Å². The second-order valence-corrected chi connectivity index (χ2v) is 5.20. The largest absolute Gasteiger partial charge is 0.0925 e. The zero-order valence-electron chi connectivity index (χ0n) is 7.57. The molecular weight excluding hydrogens is 280 g/mol. The van der Waals surface area contributed by atoms with E-state index in [0.29, 0.717) is 0 Å². The quantitative estimate of drug-likeness (QED) is 0.664. The molecule has 0 radical (unpaired) electrons. The van der Waals surface area contributed by atoms with E-state index in [4.69, 9.17) is 0 Å². The van der Waals surface area contributed by atoms with Gasteiger partial charge >= 0.3 is 0 Å². The Bertz CT molecular complexity index is 92.4. The van der Waals surface area contributed by atoms with E-state index >= 15 is 0 Å². The molecule has 0 heterocycles. The fourth-order valence-electron chi connectivity index (χ4n) is 1.99. The Morgan fingerprint density at radius 1 is 0.750 bits per heavy atom. The van der Waals surface area contributed by atoms with Gasteiger partial charge in [0.15, 0.2) is 0 Å². The molecular formula is C10H18Br2. The van der Waals surface area contributed by atoms with Crippen molar-refractivity contribution in [3.05, 3.63) is 0 Å². The van der Waals surface area contributed by atoms with Crippen molar-refractivity contribution in [3.63, 3.8) is 0 Å². The first-order chi connectivity index (χ1) is 5.86. The second-order valence-electron chi connectivity index (χ2n) is 3.90. The van der Waals surface area contributed by atoms with E-state index in [9.17, 15) is 0 Å². The Morgan fingerprint density at radius 3 is 1.33 bits per heavy atom. The average molecular weight is 298 g/mol. The molecule has 0 saturated heterocycles. The molecule has 0 aromatic rings. The predicted octanol–water partition coefficient (Wildman–Crippen LogP) is 4.36. The van der Waals surface area contributed by atoms with Gasteiger partial charge in [0.05, 0.1) is 0 Å². The first-order valence-electron chi connectivity index (χ1n) is 4.98. The molecule has 0 spiro atoms. The van der Waals surface area contributed by atoms with Crippen molar-refractivity contribution >= 4 is 31.9 Å². The highest BCUT2D eigenvalue weighted by atomic mass is 79.9. The summed E-state index contributed by atoms with van der Waals surface area (Å²) in [7, 11) is 0. The minimum absolute atomic E-state index is 0.960. The van der Waals surface area contributed by atoms with Gasteiger partial charge < -0.3 is 0 Å². The summed E-state index contributed by atoms with van der Waals surface area (Å²) >= 11 is 7.19. The summed E-state index contributed by atoms with van der Waals surface area (Å²) in [6.45, 7) is 0. The summed E-state index contributed by atoms with van der Waals surface area (Å²) in [6, 6.07) is 0. The van der Waals surface area contributed by atoms with E-state index in [-0.39, 0.29) is 0 Å². The molecule has 2 heteroatoms. The highest BCUT2D eigenvalue weighted by Crippen LogP contribution is 2.27. The molecule has 72 valence electrons. The van der Waals surface area contributed by atoms with Gasteiger partial charge in [0.1, 0.15) is 0 Å². The second kappa shape index (κ2) is 6.42. The number of hydrogen-bond donors (Lipinski definition) is 0. The van der Waals surface area contributed by atoms with Crippen LogP contribution in [0.1, 0.15) is 38.5 Å². The molecule has 1 rings (SSSR count). The average Bonchev–Trinajstić information content (AvgIpc) is 2.05. The number of halogens is 2. The van der Waals surface area contributed by atoms with Crippen molar-refractivity contribution in [2.45, 2.75) is 38.5 Å². The third-order valence-corrected chi connectivity index (χ3v) is 4.72. The minimum Gasteiger partial charge on any atom is -0.0925 e. The molecule has 0 aromatic carbocycles. The van der Waals surface area contributed by atoms with Gasteiger partial charge in [0.2, 0.25) is 0 Å². The predicted molar refractivity (Wildman–Crippen MR) is 62.3 cm³/mol. The molecule has 0 aromatic heterocycles. The van der Waals surface area contributed by atoms with E-state index in [1.165, 1.54) is 49.2 Å². The van der Waals surface area contributed by atoms with Crippen LogP contribution in [0, 0.1) is 11.8 Å². The SMILES string of the molecule is BrCC1CCCC(CBr)CCC1. The van der Waals surface area contributed by atoms with E-state index in [1.807, 2.05) is 0 Å². The zero-order valence-corrected chi connectivity index (χ0v) is 10.7.